The van der Waals surface area contributed by atoms with Gasteiger partial charge in [0.05, 0.1) is 18.2 Å². The van der Waals surface area contributed by atoms with Gasteiger partial charge >= 0.3 is 12.1 Å². The number of alkyl carbamates (subject to hydrolysis) is 1. The number of nitrogens with one attached hydrogen (secondary N) is 4. The summed E-state index contributed by atoms with van der Waals surface area (Å²) in [6, 6.07) is 12.2. The Morgan fingerprint density at radius 2 is 1.24 bits per heavy atom. The van der Waals surface area contributed by atoms with Crippen LogP contribution in [0.5, 0.6) is 0 Å². The van der Waals surface area contributed by atoms with Crippen molar-refractivity contribution in [1.29, 1.82) is 0 Å². The van der Waals surface area contributed by atoms with Crippen LogP contribution in [0.4, 0.5) is 4.79 Å². The van der Waals surface area contributed by atoms with Crippen LogP contribution in [0.1, 0.15) is 109 Å². The first-order valence-electron chi connectivity index (χ1n) is 19.5. The number of thiazole rings is 2. The summed E-state index contributed by atoms with van der Waals surface area (Å²) >= 11 is 2.41. The van der Waals surface area contributed by atoms with Gasteiger partial charge in [-0.25, -0.2) is 19.6 Å². The molecule has 2 aromatic heterocycles. The molecule has 0 fully saturated rings. The van der Waals surface area contributed by atoms with Gasteiger partial charge in [0.2, 0.25) is 11.8 Å². The van der Waals surface area contributed by atoms with E-state index in [0.717, 1.165) is 22.3 Å². The van der Waals surface area contributed by atoms with Crippen molar-refractivity contribution < 1.29 is 38.6 Å². The molecule has 0 radical (unpaired) electrons. The Bertz CT molecular complexity index is 2100. The van der Waals surface area contributed by atoms with Crippen LogP contribution in [-0.2, 0) is 19.1 Å². The maximum Gasteiger partial charge on any atom is 0.407 e. The highest BCUT2D eigenvalue weighted by atomic mass is 32.1. The molecule has 5 rings (SSSR count). The van der Waals surface area contributed by atoms with Crippen molar-refractivity contribution in [3.63, 3.8) is 0 Å². The smallest absolute Gasteiger partial charge is 0.407 e. The van der Waals surface area contributed by atoms with Crippen LogP contribution in [0.25, 0.3) is 11.1 Å². The Kier molecular flexibility index (Phi) is 15.1. The number of ether oxygens (including phenoxy) is 2. The molecule has 0 unspecified atom stereocenters. The fraction of sp³-hybridized carbons (Fsp3) is 0.419. The molecule has 4 amide bonds. The molecule has 14 nitrogen and oxygen atoms in total. The molecule has 4 aromatic rings. The Labute approximate surface area is 352 Å². The maximum atomic E-state index is 13.8. The van der Waals surface area contributed by atoms with E-state index in [2.05, 4.69) is 37.8 Å². The second kappa shape index (κ2) is 20.0. The second-order valence-corrected chi connectivity index (χ2v) is 17.2. The molecule has 2 heterocycles. The van der Waals surface area contributed by atoms with Crippen molar-refractivity contribution in [3.8, 4) is 11.1 Å². The summed E-state index contributed by atoms with van der Waals surface area (Å²) in [5.41, 5.74) is 4.53. The number of fused-ring (bicyclic) bond motifs is 3. The number of carbonyl (C=O) groups is 5. The number of nitrogens with zero attached hydrogens (tertiary/aromatic N) is 2. The molecule has 0 saturated heterocycles. The number of hydrogen-bond donors (Lipinski definition) is 5. The lowest BCUT2D eigenvalue weighted by Gasteiger charge is -2.28. The molecule has 0 spiro atoms. The summed E-state index contributed by atoms with van der Waals surface area (Å²) in [6.45, 7) is 16.1. The van der Waals surface area contributed by atoms with E-state index in [4.69, 9.17) is 9.47 Å². The first-order chi connectivity index (χ1) is 28.1. The highest BCUT2D eigenvalue weighted by Gasteiger charge is 2.35. The number of esters is 1. The molecule has 5 atom stereocenters. The molecule has 314 valence electrons. The number of aromatic nitrogens is 2. The van der Waals surface area contributed by atoms with Crippen molar-refractivity contribution in [3.05, 3.63) is 104 Å². The lowest BCUT2D eigenvalue weighted by atomic mass is 9.98. The summed E-state index contributed by atoms with van der Waals surface area (Å²) in [5, 5.41) is 26.0. The van der Waals surface area contributed by atoms with Crippen molar-refractivity contribution in [2.45, 2.75) is 84.7 Å². The van der Waals surface area contributed by atoms with E-state index in [1.165, 1.54) is 35.7 Å². The first-order valence-corrected chi connectivity index (χ1v) is 21.3. The van der Waals surface area contributed by atoms with Gasteiger partial charge in [0.1, 0.15) is 41.0 Å². The van der Waals surface area contributed by atoms with Crippen LogP contribution in [0, 0.1) is 17.8 Å². The third-order valence-electron chi connectivity index (χ3n) is 9.90. The van der Waals surface area contributed by atoms with Gasteiger partial charge in [0.25, 0.3) is 5.91 Å². The van der Waals surface area contributed by atoms with Gasteiger partial charge in [-0.05, 0) is 46.9 Å². The largest absolute Gasteiger partial charge is 0.457 e. The number of carbonyl (C=O) groups excluding carboxylic acids is 5. The lowest BCUT2D eigenvalue weighted by molar-refractivity contribution is -0.133. The minimum Gasteiger partial charge on any atom is -0.457 e. The normalized spacial score (nSPS) is 14.7. The van der Waals surface area contributed by atoms with Crippen molar-refractivity contribution in [2.24, 2.45) is 17.8 Å². The molecule has 1 aliphatic rings. The third-order valence-corrected chi connectivity index (χ3v) is 11.8. The SMILES string of the molecule is C=CCOC(=O)c1csc([C@@H](NC(=O)c2csc([C@@H](NC(=O)[C@@H](NC(=O)[C@@H](NC(=O)OCC3c4ccccc4-c4ccccc43)C(C)C)[C@H](C)O)C(C)C)n2)C(C)C)n1. The van der Waals surface area contributed by atoms with Gasteiger partial charge in [-0.3, -0.25) is 14.4 Å². The van der Waals surface area contributed by atoms with Gasteiger partial charge in [-0.1, -0.05) is 103 Å². The third kappa shape index (κ3) is 10.8. The maximum absolute atomic E-state index is 13.8. The first kappa shape index (κ1) is 44.6. The van der Waals surface area contributed by atoms with Crippen LogP contribution in [0.2, 0.25) is 0 Å². The Morgan fingerprint density at radius 3 is 1.78 bits per heavy atom. The summed E-state index contributed by atoms with van der Waals surface area (Å²) < 4.78 is 10.8. The Morgan fingerprint density at radius 1 is 0.712 bits per heavy atom. The zero-order chi connectivity index (χ0) is 43.0. The topological polar surface area (TPSA) is 198 Å². The quantitative estimate of drug-likeness (QED) is 0.0559. The minimum absolute atomic E-state index is 0.0517. The molecule has 1 aliphatic carbocycles. The standard InChI is InChI=1S/C43H52N6O8S2/c1-9-18-56-42(54)32-21-59-41(45-32)34(23(4)5)46-37(51)31-20-58-40(44-31)35(24(6)7)47-39(53)36(25(8)50)48-38(52)33(22(2)3)49-43(55)57-19-30-28-16-12-10-14-26(28)27-15-11-13-17-29(27)30/h9-17,20-25,30,33-36,50H,1,18-19H2,2-8H3,(H,46,51)(H,47,53)(H,48,52)(H,49,55)/t25-,33-,34-,35-,36-/m0/s1. The number of rotatable bonds is 18. The van der Waals surface area contributed by atoms with E-state index in [1.54, 1.807) is 24.6 Å². The molecule has 5 N–H and O–H groups in total. The van der Waals surface area contributed by atoms with Crippen LogP contribution < -0.4 is 21.3 Å². The molecular formula is C43H52N6O8S2. The van der Waals surface area contributed by atoms with E-state index in [1.807, 2.05) is 76.2 Å². The van der Waals surface area contributed by atoms with Gasteiger partial charge in [0, 0.05) is 16.7 Å². The Balaban J connectivity index is 1.21. The Hall–Kier alpha value is -5.45. The van der Waals surface area contributed by atoms with Crippen LogP contribution in [0.3, 0.4) is 0 Å². The average molecular weight is 845 g/mol. The van der Waals surface area contributed by atoms with Crippen molar-refractivity contribution >= 4 is 52.5 Å². The van der Waals surface area contributed by atoms with Gasteiger partial charge < -0.3 is 35.8 Å². The van der Waals surface area contributed by atoms with E-state index >= 15 is 0 Å². The van der Waals surface area contributed by atoms with Crippen molar-refractivity contribution in [2.75, 3.05) is 13.2 Å². The lowest BCUT2D eigenvalue weighted by Crippen LogP contribution is -2.58. The van der Waals surface area contributed by atoms with Crippen molar-refractivity contribution in [1.82, 2.24) is 31.2 Å². The zero-order valence-corrected chi connectivity index (χ0v) is 35.8. The highest BCUT2D eigenvalue weighted by Crippen LogP contribution is 2.44. The van der Waals surface area contributed by atoms with E-state index in [-0.39, 0.29) is 42.4 Å². The minimum atomic E-state index is -1.39. The number of benzene rings is 2. The number of hydrogen-bond acceptors (Lipinski definition) is 12. The molecule has 0 aliphatic heterocycles. The molecule has 0 bridgehead atoms. The number of aliphatic hydroxyl groups excluding tert-OH is 1. The van der Waals surface area contributed by atoms with Crippen LogP contribution >= 0.6 is 22.7 Å². The fourth-order valence-corrected chi connectivity index (χ4v) is 8.73. The molecule has 2 aromatic carbocycles. The predicted octanol–water partition coefficient (Wildman–Crippen LogP) is 6.31. The highest BCUT2D eigenvalue weighted by molar-refractivity contribution is 7.10. The summed E-state index contributed by atoms with van der Waals surface area (Å²) in [4.78, 5) is 75.3. The molecule has 0 saturated carbocycles. The van der Waals surface area contributed by atoms with E-state index in [0.29, 0.717) is 10.0 Å². The van der Waals surface area contributed by atoms with Crippen LogP contribution in [0.15, 0.2) is 71.9 Å². The van der Waals surface area contributed by atoms with Gasteiger partial charge in [-0.2, -0.15) is 0 Å². The van der Waals surface area contributed by atoms with Crippen LogP contribution in [-0.4, -0.2) is 76.3 Å². The summed E-state index contributed by atoms with van der Waals surface area (Å²) in [7, 11) is 0. The average Bonchev–Trinajstić information content (AvgIpc) is 3.96. The van der Waals surface area contributed by atoms with E-state index in [9.17, 15) is 29.1 Å². The number of aliphatic hydroxyl groups is 1. The van der Waals surface area contributed by atoms with E-state index < -0.39 is 66.0 Å². The number of amides is 4. The molecular weight excluding hydrogens is 793 g/mol. The monoisotopic (exact) mass is 844 g/mol. The zero-order valence-electron chi connectivity index (χ0n) is 34.2. The predicted molar refractivity (Wildman–Crippen MR) is 226 cm³/mol. The summed E-state index contributed by atoms with van der Waals surface area (Å²) in [6.07, 6.45) is -0.639. The van der Waals surface area contributed by atoms with Gasteiger partial charge in [-0.15, -0.1) is 22.7 Å². The fourth-order valence-electron chi connectivity index (χ4n) is 6.70. The molecule has 16 heteroatoms. The molecule has 59 heavy (non-hydrogen) atoms. The second-order valence-electron chi connectivity index (χ2n) is 15.4. The summed E-state index contributed by atoms with van der Waals surface area (Å²) in [5.74, 6) is -3.27. The van der Waals surface area contributed by atoms with Gasteiger partial charge in [0.15, 0.2) is 5.69 Å².